The Bertz CT molecular complexity index is 961. The normalized spacial score (nSPS) is 22.0. The molecular weight excluding hydrogens is 418 g/mol. The van der Waals surface area contributed by atoms with Crippen molar-refractivity contribution in [3.63, 3.8) is 0 Å². The van der Waals surface area contributed by atoms with E-state index in [4.69, 9.17) is 4.74 Å². The number of anilines is 1. The Morgan fingerprint density at radius 2 is 1.88 bits per heavy atom. The van der Waals surface area contributed by atoms with Crippen molar-refractivity contribution in [1.82, 2.24) is 15.5 Å². The fourth-order valence-electron chi connectivity index (χ4n) is 4.40. The van der Waals surface area contributed by atoms with Crippen LogP contribution in [0.5, 0.6) is 0 Å². The molecule has 0 spiro atoms. The number of H-pyrrole nitrogens is 1. The molecule has 4 rings (SSSR count). The van der Waals surface area contributed by atoms with Crippen LogP contribution in [0.3, 0.4) is 0 Å². The van der Waals surface area contributed by atoms with Gasteiger partial charge in [0.05, 0.1) is 12.2 Å². The minimum atomic E-state index is -0.716. The lowest BCUT2D eigenvalue weighted by Crippen LogP contribution is -2.36. The summed E-state index contributed by atoms with van der Waals surface area (Å²) in [6.45, 7) is 1.73. The third kappa shape index (κ3) is 4.92. The molecule has 172 valence electrons. The largest absolute Gasteiger partial charge is 0.446 e. The lowest BCUT2D eigenvalue weighted by atomic mass is 9.75. The maximum atomic E-state index is 13.6. The molecule has 32 heavy (non-hydrogen) atoms. The van der Waals surface area contributed by atoms with Crippen LogP contribution in [0.4, 0.5) is 19.4 Å². The molecule has 1 aromatic heterocycles. The highest BCUT2D eigenvalue weighted by Gasteiger charge is 2.37. The van der Waals surface area contributed by atoms with E-state index in [2.05, 4.69) is 20.8 Å². The maximum Gasteiger partial charge on any atom is 0.407 e. The lowest BCUT2D eigenvalue weighted by molar-refractivity contribution is -0.126. The molecule has 1 aromatic carbocycles. The minimum absolute atomic E-state index is 0.0187. The van der Waals surface area contributed by atoms with Gasteiger partial charge >= 0.3 is 6.09 Å². The van der Waals surface area contributed by atoms with Gasteiger partial charge < -0.3 is 15.4 Å². The number of amides is 2. The predicted octanol–water partition coefficient (Wildman–Crippen LogP) is 4.77. The summed E-state index contributed by atoms with van der Waals surface area (Å²) in [6, 6.07) is 5.37. The van der Waals surface area contributed by atoms with Gasteiger partial charge in [0.15, 0.2) is 0 Å². The van der Waals surface area contributed by atoms with Gasteiger partial charge in [-0.25, -0.2) is 13.6 Å². The van der Waals surface area contributed by atoms with E-state index in [1.165, 1.54) is 12.5 Å². The third-order valence-electron chi connectivity index (χ3n) is 6.61. The number of aromatic nitrogens is 2. The van der Waals surface area contributed by atoms with Gasteiger partial charge in [-0.3, -0.25) is 9.89 Å². The molecule has 9 heteroatoms. The van der Waals surface area contributed by atoms with Crippen molar-refractivity contribution in [2.24, 2.45) is 5.41 Å². The van der Waals surface area contributed by atoms with Gasteiger partial charge in [0.2, 0.25) is 5.91 Å². The van der Waals surface area contributed by atoms with Crippen molar-refractivity contribution in [3.8, 4) is 0 Å². The molecule has 0 radical (unpaired) electrons. The summed E-state index contributed by atoms with van der Waals surface area (Å²) >= 11 is 0. The monoisotopic (exact) mass is 446 g/mol. The molecule has 2 aliphatic carbocycles. The molecule has 0 saturated heterocycles. The first kappa shape index (κ1) is 22.2. The second-order valence-electron chi connectivity index (χ2n) is 9.03. The van der Waals surface area contributed by atoms with Crippen LogP contribution in [0.1, 0.15) is 69.0 Å². The molecule has 7 nitrogen and oxygen atoms in total. The van der Waals surface area contributed by atoms with E-state index in [-0.39, 0.29) is 35.5 Å². The summed E-state index contributed by atoms with van der Waals surface area (Å²) in [5, 5.41) is 12.5. The zero-order valence-electron chi connectivity index (χ0n) is 18.0. The van der Waals surface area contributed by atoms with Crippen LogP contribution in [0.15, 0.2) is 24.3 Å². The number of aromatic amines is 1. The maximum absolute atomic E-state index is 13.6. The van der Waals surface area contributed by atoms with E-state index >= 15 is 0 Å². The van der Waals surface area contributed by atoms with Gasteiger partial charge in [-0.15, -0.1) is 0 Å². The van der Waals surface area contributed by atoms with E-state index in [9.17, 15) is 18.4 Å². The van der Waals surface area contributed by atoms with Crippen molar-refractivity contribution < 1.29 is 23.1 Å². The summed E-state index contributed by atoms with van der Waals surface area (Å²) < 4.78 is 32.5. The first-order valence-corrected chi connectivity index (χ1v) is 11.1. The fourth-order valence-corrected chi connectivity index (χ4v) is 4.40. The highest BCUT2D eigenvalue weighted by Crippen LogP contribution is 2.39. The number of ether oxygens (including phenoxy) is 1. The topological polar surface area (TPSA) is 96.1 Å². The van der Waals surface area contributed by atoms with Crippen molar-refractivity contribution in [1.29, 1.82) is 0 Å². The van der Waals surface area contributed by atoms with Crippen LogP contribution in [-0.4, -0.2) is 28.3 Å². The molecule has 0 unspecified atom stereocenters. The van der Waals surface area contributed by atoms with Crippen LogP contribution in [-0.2, 0) is 16.1 Å². The second-order valence-corrected chi connectivity index (χ2v) is 9.03. The van der Waals surface area contributed by atoms with Crippen LogP contribution >= 0.6 is 0 Å². The first-order valence-electron chi connectivity index (χ1n) is 11.1. The van der Waals surface area contributed by atoms with Crippen molar-refractivity contribution >= 4 is 17.8 Å². The van der Waals surface area contributed by atoms with Crippen LogP contribution in [0.2, 0.25) is 0 Å². The second kappa shape index (κ2) is 9.26. The van der Waals surface area contributed by atoms with E-state index in [0.29, 0.717) is 18.7 Å². The number of alkyl carbamates (subject to hydrolysis) is 1. The van der Waals surface area contributed by atoms with Gasteiger partial charge in [0.25, 0.3) is 0 Å². The van der Waals surface area contributed by atoms with Crippen LogP contribution in [0, 0.1) is 17.0 Å². The lowest BCUT2D eigenvalue weighted by Gasteiger charge is -2.33. The van der Waals surface area contributed by atoms with Gasteiger partial charge in [-0.1, -0.05) is 32.3 Å². The number of benzene rings is 1. The molecule has 2 fully saturated rings. The molecular formula is C23H28F2N4O3. The molecule has 2 saturated carbocycles. The molecule has 0 aliphatic heterocycles. The molecule has 2 aliphatic rings. The Morgan fingerprint density at radius 1 is 1.19 bits per heavy atom. The average molecular weight is 446 g/mol. The Kier molecular flexibility index (Phi) is 6.43. The Hall–Kier alpha value is -2.97. The fraction of sp³-hybridized carbons (Fsp3) is 0.522. The summed E-state index contributed by atoms with van der Waals surface area (Å²) in [5.74, 6) is -0.721. The Morgan fingerprint density at radius 3 is 2.56 bits per heavy atom. The number of carbonyl (C=O) groups is 2. The predicted molar refractivity (Wildman–Crippen MR) is 114 cm³/mol. The molecule has 2 aromatic rings. The number of nitrogens with zero attached hydrogens (tertiary/aromatic N) is 1. The number of nitrogens with one attached hydrogen (secondary N) is 3. The summed E-state index contributed by atoms with van der Waals surface area (Å²) in [6.07, 6.45) is 5.30. The van der Waals surface area contributed by atoms with Gasteiger partial charge in [-0.05, 0) is 37.8 Å². The van der Waals surface area contributed by atoms with E-state index in [1.807, 2.05) is 13.0 Å². The van der Waals surface area contributed by atoms with Gasteiger partial charge in [0, 0.05) is 23.0 Å². The van der Waals surface area contributed by atoms with Crippen LogP contribution < -0.4 is 10.6 Å². The quantitative estimate of drug-likeness (QED) is 0.596. The number of hydrogen-bond donors (Lipinski definition) is 3. The molecule has 3 N–H and O–H groups in total. The van der Waals surface area contributed by atoms with E-state index < -0.39 is 17.7 Å². The van der Waals surface area contributed by atoms with E-state index in [0.717, 1.165) is 43.5 Å². The van der Waals surface area contributed by atoms with Crippen LogP contribution in [0.25, 0.3) is 0 Å². The molecule has 0 atom stereocenters. The standard InChI is InChI=1S/C23H28F2N4O3/c1-23(8-3-2-4-9-23)21(30)27-20-12-19(28-29-20)14-10-15(11-14)32-22(31)26-13-16-17(24)6-5-7-18(16)25/h5-7,12,14-15H,2-4,8-11,13H2,1H3,(H,26,31)(H2,27,28,29,30)/t14-,15+. The summed E-state index contributed by atoms with van der Waals surface area (Å²) in [5.41, 5.74) is 0.268. The molecule has 2 amide bonds. The SMILES string of the molecule is CC1(C(=O)Nc2cc([C@H]3C[C@@H](OC(=O)NCc4c(F)cccc4F)C3)n[nH]2)CCCCC1. The highest BCUT2D eigenvalue weighted by molar-refractivity contribution is 5.94. The minimum Gasteiger partial charge on any atom is -0.446 e. The zero-order chi connectivity index (χ0) is 22.7. The van der Waals surface area contributed by atoms with Crippen molar-refractivity contribution in [2.75, 3.05) is 5.32 Å². The van der Waals surface area contributed by atoms with Gasteiger partial charge in [0.1, 0.15) is 23.6 Å². The number of hydrogen-bond acceptors (Lipinski definition) is 4. The Balaban J connectivity index is 1.21. The average Bonchev–Trinajstić information content (AvgIpc) is 3.18. The number of carbonyl (C=O) groups excluding carboxylic acids is 2. The molecule has 0 bridgehead atoms. The Labute approximate surface area is 185 Å². The van der Waals surface area contributed by atoms with Crippen molar-refractivity contribution in [3.05, 3.63) is 47.2 Å². The zero-order valence-corrected chi connectivity index (χ0v) is 18.0. The summed E-state index contributed by atoms with van der Waals surface area (Å²) in [7, 11) is 0. The summed E-state index contributed by atoms with van der Waals surface area (Å²) in [4.78, 5) is 24.6. The first-order chi connectivity index (χ1) is 15.3. The number of rotatable bonds is 6. The van der Waals surface area contributed by atoms with Gasteiger partial charge in [-0.2, -0.15) is 5.10 Å². The molecule has 1 heterocycles. The van der Waals surface area contributed by atoms with Crippen molar-refractivity contribution in [2.45, 2.75) is 70.4 Å². The van der Waals surface area contributed by atoms with E-state index in [1.54, 1.807) is 0 Å². The smallest absolute Gasteiger partial charge is 0.407 e. The number of halogens is 2. The third-order valence-corrected chi connectivity index (χ3v) is 6.61. The highest BCUT2D eigenvalue weighted by atomic mass is 19.1.